The number of rotatable bonds is 6. The van der Waals surface area contributed by atoms with E-state index in [1.54, 1.807) is 29.6 Å². The van der Waals surface area contributed by atoms with Crippen molar-refractivity contribution in [2.75, 3.05) is 11.4 Å². The molecule has 0 aliphatic heterocycles. The molecule has 0 aliphatic carbocycles. The first kappa shape index (κ1) is 18.0. The topological polar surface area (TPSA) is 75.2 Å². The second kappa shape index (κ2) is 8.55. The van der Waals surface area contributed by atoms with Crippen LogP contribution in [0.1, 0.15) is 16.1 Å². The Hall–Kier alpha value is -2.77. The Labute approximate surface area is 159 Å². The Morgan fingerprint density at radius 3 is 2.62 bits per heavy atom. The lowest BCUT2D eigenvalue weighted by atomic mass is 10.2. The third-order valence-corrected chi connectivity index (χ3v) is 4.32. The first-order valence-corrected chi connectivity index (χ1v) is 9.00. The molecule has 0 saturated heterocycles. The van der Waals surface area contributed by atoms with Crippen molar-refractivity contribution in [3.8, 4) is 0 Å². The van der Waals surface area contributed by atoms with Gasteiger partial charge in [0, 0.05) is 22.6 Å². The maximum Gasteiger partial charge on any atom is 0.280 e. The fourth-order valence-electron chi connectivity index (χ4n) is 2.32. The zero-order chi connectivity index (χ0) is 18.4. The van der Waals surface area contributed by atoms with Gasteiger partial charge in [0.2, 0.25) is 5.91 Å². The summed E-state index contributed by atoms with van der Waals surface area (Å²) >= 11 is 7.11. The van der Waals surface area contributed by atoms with Crippen molar-refractivity contribution in [2.24, 2.45) is 0 Å². The Balaban J connectivity index is 1.75. The first-order chi connectivity index (χ1) is 12.6. The number of amides is 2. The van der Waals surface area contributed by atoms with Gasteiger partial charge in [-0.2, -0.15) is 0 Å². The van der Waals surface area contributed by atoms with Gasteiger partial charge in [0.15, 0.2) is 5.69 Å². The van der Waals surface area contributed by atoms with Crippen LogP contribution in [0.25, 0.3) is 0 Å². The first-order valence-electron chi connectivity index (χ1n) is 7.78. The summed E-state index contributed by atoms with van der Waals surface area (Å²) in [5.74, 6) is -0.693. The van der Waals surface area contributed by atoms with Crippen LogP contribution in [0.5, 0.6) is 0 Å². The third kappa shape index (κ3) is 4.65. The maximum absolute atomic E-state index is 12.7. The lowest BCUT2D eigenvalue weighted by molar-refractivity contribution is -0.119. The summed E-state index contributed by atoms with van der Waals surface area (Å²) in [6, 6.07) is 16.3. The number of carbonyl (C=O) groups excluding carboxylic acids is 2. The van der Waals surface area contributed by atoms with Gasteiger partial charge in [0.1, 0.15) is 6.54 Å². The summed E-state index contributed by atoms with van der Waals surface area (Å²) in [4.78, 5) is 26.5. The highest BCUT2D eigenvalue weighted by Gasteiger charge is 2.22. The molecule has 0 fully saturated rings. The van der Waals surface area contributed by atoms with E-state index in [1.165, 1.54) is 4.90 Å². The molecular formula is C18H15ClN4O2S. The lowest BCUT2D eigenvalue weighted by Crippen LogP contribution is -2.40. The number of nitrogens with zero attached hydrogens (tertiary/aromatic N) is 3. The van der Waals surface area contributed by atoms with E-state index < -0.39 is 5.91 Å². The van der Waals surface area contributed by atoms with E-state index >= 15 is 0 Å². The molecule has 0 bridgehead atoms. The minimum Gasteiger partial charge on any atom is -0.350 e. The van der Waals surface area contributed by atoms with Gasteiger partial charge in [-0.3, -0.25) is 14.5 Å². The fraction of sp³-hybridized carbons (Fsp3) is 0.111. The van der Waals surface area contributed by atoms with Gasteiger partial charge in [-0.25, -0.2) is 0 Å². The second-order valence-corrected chi connectivity index (χ2v) is 6.47. The zero-order valence-corrected chi connectivity index (χ0v) is 15.2. The molecule has 2 aromatic carbocycles. The molecule has 3 rings (SSSR count). The number of hydrogen-bond donors (Lipinski definition) is 1. The van der Waals surface area contributed by atoms with Crippen molar-refractivity contribution in [3.05, 3.63) is 76.3 Å². The quantitative estimate of drug-likeness (QED) is 0.706. The van der Waals surface area contributed by atoms with E-state index in [-0.39, 0.29) is 18.1 Å². The van der Waals surface area contributed by atoms with Crippen molar-refractivity contribution in [2.45, 2.75) is 6.54 Å². The average Bonchev–Trinajstić information content (AvgIpc) is 3.19. The van der Waals surface area contributed by atoms with Gasteiger partial charge in [0.25, 0.3) is 5.91 Å². The van der Waals surface area contributed by atoms with E-state index in [2.05, 4.69) is 14.9 Å². The van der Waals surface area contributed by atoms with Gasteiger partial charge < -0.3 is 5.32 Å². The Bertz CT molecular complexity index is 887. The van der Waals surface area contributed by atoms with E-state index in [9.17, 15) is 9.59 Å². The van der Waals surface area contributed by atoms with E-state index in [0.717, 1.165) is 17.1 Å². The van der Waals surface area contributed by atoms with E-state index in [0.29, 0.717) is 17.3 Å². The SMILES string of the molecule is O=C(CN(C(=O)c1csnn1)c1cccc(Cl)c1)NCc1ccccc1. The lowest BCUT2D eigenvalue weighted by Gasteiger charge is -2.21. The summed E-state index contributed by atoms with van der Waals surface area (Å²) in [5.41, 5.74) is 1.68. The monoisotopic (exact) mass is 386 g/mol. The highest BCUT2D eigenvalue weighted by molar-refractivity contribution is 7.03. The average molecular weight is 387 g/mol. The van der Waals surface area contributed by atoms with Crippen LogP contribution in [0.2, 0.25) is 5.02 Å². The zero-order valence-electron chi connectivity index (χ0n) is 13.6. The number of halogens is 1. The molecule has 2 amide bonds. The Kier molecular flexibility index (Phi) is 5.93. The Morgan fingerprint density at radius 2 is 1.92 bits per heavy atom. The summed E-state index contributed by atoms with van der Waals surface area (Å²) in [6.45, 7) is 0.235. The predicted octanol–water partition coefficient (Wildman–Crippen LogP) is 3.15. The maximum atomic E-state index is 12.7. The van der Waals surface area contributed by atoms with Crippen molar-refractivity contribution >= 4 is 40.6 Å². The summed E-state index contributed by atoms with van der Waals surface area (Å²) < 4.78 is 3.71. The second-order valence-electron chi connectivity index (χ2n) is 5.42. The molecular weight excluding hydrogens is 372 g/mol. The number of hydrogen-bond acceptors (Lipinski definition) is 5. The van der Waals surface area contributed by atoms with Crippen molar-refractivity contribution in [3.63, 3.8) is 0 Å². The number of aromatic nitrogens is 2. The smallest absolute Gasteiger partial charge is 0.280 e. The van der Waals surface area contributed by atoms with Gasteiger partial charge in [-0.1, -0.05) is 52.5 Å². The minimum atomic E-state index is -0.407. The predicted molar refractivity (Wildman–Crippen MR) is 101 cm³/mol. The summed E-state index contributed by atoms with van der Waals surface area (Å²) in [7, 11) is 0. The molecule has 26 heavy (non-hydrogen) atoms. The number of nitrogens with one attached hydrogen (secondary N) is 1. The van der Waals surface area contributed by atoms with Crippen LogP contribution >= 0.6 is 23.1 Å². The highest BCUT2D eigenvalue weighted by Crippen LogP contribution is 2.21. The summed E-state index contributed by atoms with van der Waals surface area (Å²) in [5, 5.41) is 8.63. The van der Waals surface area contributed by atoms with Crippen molar-refractivity contribution < 1.29 is 9.59 Å². The number of benzene rings is 2. The van der Waals surface area contributed by atoms with Crippen LogP contribution < -0.4 is 10.2 Å². The molecule has 1 aromatic heterocycles. The molecule has 0 aliphatic rings. The van der Waals surface area contributed by atoms with Gasteiger partial charge in [-0.05, 0) is 35.3 Å². The molecule has 0 radical (unpaired) electrons. The molecule has 0 spiro atoms. The number of anilines is 1. The Morgan fingerprint density at radius 1 is 1.12 bits per heavy atom. The molecule has 6 nitrogen and oxygen atoms in total. The normalized spacial score (nSPS) is 10.3. The van der Waals surface area contributed by atoms with Gasteiger partial charge in [-0.15, -0.1) is 5.10 Å². The van der Waals surface area contributed by atoms with Crippen LogP contribution in [0, 0.1) is 0 Å². The molecule has 1 N–H and O–H groups in total. The van der Waals surface area contributed by atoms with Crippen LogP contribution in [-0.4, -0.2) is 27.9 Å². The molecule has 3 aromatic rings. The minimum absolute atomic E-state index is 0.149. The highest BCUT2D eigenvalue weighted by atomic mass is 35.5. The third-order valence-electron chi connectivity index (χ3n) is 3.58. The van der Waals surface area contributed by atoms with E-state index in [1.807, 2.05) is 30.3 Å². The van der Waals surface area contributed by atoms with Gasteiger partial charge >= 0.3 is 0 Å². The largest absolute Gasteiger partial charge is 0.350 e. The fourth-order valence-corrected chi connectivity index (χ4v) is 2.93. The van der Waals surface area contributed by atoms with E-state index in [4.69, 9.17) is 11.6 Å². The molecule has 0 saturated carbocycles. The molecule has 1 heterocycles. The van der Waals surface area contributed by atoms with Crippen LogP contribution in [-0.2, 0) is 11.3 Å². The van der Waals surface area contributed by atoms with Crippen LogP contribution in [0.3, 0.4) is 0 Å². The molecule has 8 heteroatoms. The molecule has 0 atom stereocenters. The summed E-state index contributed by atoms with van der Waals surface area (Å²) in [6.07, 6.45) is 0. The van der Waals surface area contributed by atoms with Crippen LogP contribution in [0.15, 0.2) is 60.0 Å². The number of carbonyl (C=O) groups is 2. The molecule has 132 valence electrons. The van der Waals surface area contributed by atoms with Crippen molar-refractivity contribution in [1.82, 2.24) is 14.9 Å². The van der Waals surface area contributed by atoms with Gasteiger partial charge in [0.05, 0.1) is 0 Å². The van der Waals surface area contributed by atoms with Crippen LogP contribution in [0.4, 0.5) is 5.69 Å². The molecule has 0 unspecified atom stereocenters. The van der Waals surface area contributed by atoms with Crippen molar-refractivity contribution in [1.29, 1.82) is 0 Å². The standard InChI is InChI=1S/C18H15ClN4O2S/c19-14-7-4-8-15(9-14)23(18(25)16-12-26-22-21-16)11-17(24)20-10-13-5-2-1-3-6-13/h1-9,12H,10-11H2,(H,20,24).